The molecule has 0 saturated carbocycles. The molecule has 1 unspecified atom stereocenters. The van der Waals surface area contributed by atoms with Crippen LogP contribution >= 0.6 is 0 Å². The average Bonchev–Trinajstić information content (AvgIpc) is 2.76. The molecule has 106 valence electrons. The highest BCUT2D eigenvalue weighted by atomic mass is 32.2. The van der Waals surface area contributed by atoms with Crippen molar-refractivity contribution in [2.45, 2.75) is 12.5 Å². The van der Waals surface area contributed by atoms with Gasteiger partial charge < -0.3 is 10.0 Å². The van der Waals surface area contributed by atoms with Crippen molar-refractivity contribution in [2.24, 2.45) is 0 Å². The zero-order valence-electron chi connectivity index (χ0n) is 10.7. The summed E-state index contributed by atoms with van der Waals surface area (Å²) >= 11 is 0. The van der Waals surface area contributed by atoms with Gasteiger partial charge in [-0.05, 0) is 30.7 Å². The molecule has 0 bridgehead atoms. The minimum Gasteiger partial charge on any atom is -0.480 e. The maximum atomic E-state index is 11.5. The van der Waals surface area contributed by atoms with E-state index < -0.39 is 15.8 Å². The summed E-state index contributed by atoms with van der Waals surface area (Å²) in [6.45, 7) is -0.258. The van der Waals surface area contributed by atoms with Gasteiger partial charge in [0, 0.05) is 11.7 Å². The largest absolute Gasteiger partial charge is 0.480 e. The van der Waals surface area contributed by atoms with Gasteiger partial charge in [-0.2, -0.15) is 5.26 Å². The van der Waals surface area contributed by atoms with Crippen LogP contribution in [0.15, 0.2) is 24.3 Å². The summed E-state index contributed by atoms with van der Waals surface area (Å²) in [7, 11) is -3.08. The summed E-state index contributed by atoms with van der Waals surface area (Å²) in [4.78, 5) is 12.6. The van der Waals surface area contributed by atoms with E-state index in [4.69, 9.17) is 10.4 Å². The molecule has 7 heteroatoms. The van der Waals surface area contributed by atoms with Crippen LogP contribution in [0.3, 0.4) is 0 Å². The number of hydrogen-bond acceptors (Lipinski definition) is 5. The van der Waals surface area contributed by atoms with Crippen molar-refractivity contribution in [1.82, 2.24) is 0 Å². The molecule has 2 rings (SSSR count). The van der Waals surface area contributed by atoms with Gasteiger partial charge in [0.05, 0.1) is 23.1 Å². The van der Waals surface area contributed by atoms with E-state index in [1.165, 1.54) is 0 Å². The number of carbonyl (C=O) groups is 1. The molecule has 6 nitrogen and oxygen atoms in total. The highest BCUT2D eigenvalue weighted by Gasteiger charge is 2.33. The Kier molecular flexibility index (Phi) is 3.95. The van der Waals surface area contributed by atoms with Gasteiger partial charge in [-0.15, -0.1) is 0 Å². The van der Waals surface area contributed by atoms with E-state index in [9.17, 15) is 13.2 Å². The van der Waals surface area contributed by atoms with Crippen LogP contribution in [0.25, 0.3) is 0 Å². The number of aliphatic carboxylic acids is 1. The number of benzene rings is 1. The maximum Gasteiger partial charge on any atom is 0.323 e. The number of anilines is 1. The molecule has 0 aromatic heterocycles. The van der Waals surface area contributed by atoms with Crippen LogP contribution in [0.5, 0.6) is 0 Å². The van der Waals surface area contributed by atoms with Crippen molar-refractivity contribution >= 4 is 21.5 Å². The average molecular weight is 294 g/mol. The van der Waals surface area contributed by atoms with Gasteiger partial charge in [0.1, 0.15) is 6.54 Å². The van der Waals surface area contributed by atoms with E-state index in [2.05, 4.69) is 0 Å². The summed E-state index contributed by atoms with van der Waals surface area (Å²) in [5.41, 5.74) is 1.09. The lowest BCUT2D eigenvalue weighted by Gasteiger charge is -2.28. The highest BCUT2D eigenvalue weighted by Crippen LogP contribution is 2.24. The van der Waals surface area contributed by atoms with Gasteiger partial charge in [-0.1, -0.05) is 0 Å². The zero-order valence-corrected chi connectivity index (χ0v) is 11.5. The van der Waals surface area contributed by atoms with Crippen molar-refractivity contribution in [1.29, 1.82) is 5.26 Å². The molecule has 1 N–H and O–H groups in total. The number of rotatable bonds is 4. The third kappa shape index (κ3) is 3.27. The molecule has 20 heavy (non-hydrogen) atoms. The first-order valence-corrected chi connectivity index (χ1v) is 7.92. The molecule has 0 radical (unpaired) electrons. The van der Waals surface area contributed by atoms with Crippen molar-refractivity contribution in [3.63, 3.8) is 0 Å². The van der Waals surface area contributed by atoms with Gasteiger partial charge in [0.25, 0.3) is 0 Å². The van der Waals surface area contributed by atoms with Crippen LogP contribution in [0.2, 0.25) is 0 Å². The quantitative estimate of drug-likeness (QED) is 0.874. The SMILES string of the molecule is N#Cc1ccc(N(CC(=O)O)C2CCS(=O)(=O)C2)cc1. The van der Waals surface area contributed by atoms with E-state index in [0.717, 1.165) is 0 Å². The van der Waals surface area contributed by atoms with Gasteiger partial charge in [0.15, 0.2) is 9.84 Å². The summed E-state index contributed by atoms with van der Waals surface area (Å²) in [5.74, 6) is -0.955. The second-order valence-corrected chi connectivity index (χ2v) is 6.97. The maximum absolute atomic E-state index is 11.5. The predicted octanol–water partition coefficient (Wildman–Crippen LogP) is 0.636. The molecule has 1 aromatic carbocycles. The Balaban J connectivity index is 2.27. The fourth-order valence-electron chi connectivity index (χ4n) is 2.33. The summed E-state index contributed by atoms with van der Waals surface area (Å²) in [6, 6.07) is 8.13. The van der Waals surface area contributed by atoms with E-state index >= 15 is 0 Å². The molecule has 1 atom stereocenters. The normalized spacial score (nSPS) is 20.2. The topological polar surface area (TPSA) is 98.5 Å². The monoisotopic (exact) mass is 294 g/mol. The number of nitriles is 1. The van der Waals surface area contributed by atoms with Crippen LogP contribution in [0, 0.1) is 11.3 Å². The predicted molar refractivity (Wildman–Crippen MR) is 73.2 cm³/mol. The van der Waals surface area contributed by atoms with Crippen molar-refractivity contribution in [2.75, 3.05) is 23.0 Å². The van der Waals surface area contributed by atoms with Gasteiger partial charge >= 0.3 is 5.97 Å². The Morgan fingerprint density at radius 3 is 2.50 bits per heavy atom. The smallest absolute Gasteiger partial charge is 0.323 e. The molecule has 0 aliphatic carbocycles. The standard InChI is InChI=1S/C13H14N2O4S/c14-7-10-1-3-11(4-2-10)15(8-13(16)17)12-5-6-20(18,19)9-12/h1-4,12H,5-6,8-9H2,(H,16,17). The van der Waals surface area contributed by atoms with E-state index in [-0.39, 0.29) is 24.1 Å². The van der Waals surface area contributed by atoms with Gasteiger partial charge in [0.2, 0.25) is 0 Å². The lowest BCUT2D eigenvalue weighted by atomic mass is 10.1. The highest BCUT2D eigenvalue weighted by molar-refractivity contribution is 7.91. The van der Waals surface area contributed by atoms with Crippen LogP contribution in [0.4, 0.5) is 5.69 Å². The first kappa shape index (κ1) is 14.3. The van der Waals surface area contributed by atoms with Crippen molar-refractivity contribution < 1.29 is 18.3 Å². The Morgan fingerprint density at radius 2 is 2.05 bits per heavy atom. The van der Waals surface area contributed by atoms with Crippen molar-refractivity contribution in [3.05, 3.63) is 29.8 Å². The number of sulfone groups is 1. The van der Waals surface area contributed by atoms with Crippen molar-refractivity contribution in [3.8, 4) is 6.07 Å². The first-order chi connectivity index (χ1) is 9.41. The molecule has 1 aliphatic rings. The molecular weight excluding hydrogens is 280 g/mol. The summed E-state index contributed by atoms with van der Waals surface area (Å²) in [6.07, 6.45) is 0.426. The van der Waals surface area contributed by atoms with E-state index in [1.807, 2.05) is 6.07 Å². The van der Waals surface area contributed by atoms with Crippen LogP contribution in [-0.2, 0) is 14.6 Å². The third-order valence-corrected chi connectivity index (χ3v) is 5.03. The fraction of sp³-hybridized carbons (Fsp3) is 0.385. The molecule has 1 heterocycles. The van der Waals surface area contributed by atoms with E-state index in [0.29, 0.717) is 17.7 Å². The first-order valence-electron chi connectivity index (χ1n) is 6.10. The Morgan fingerprint density at radius 1 is 1.40 bits per heavy atom. The molecule has 1 aliphatic heterocycles. The molecule has 1 fully saturated rings. The minimum atomic E-state index is -3.08. The van der Waals surface area contributed by atoms with E-state index in [1.54, 1.807) is 29.2 Å². The lowest BCUT2D eigenvalue weighted by molar-refractivity contribution is -0.135. The zero-order chi connectivity index (χ0) is 14.8. The van der Waals surface area contributed by atoms with Crippen LogP contribution in [0.1, 0.15) is 12.0 Å². The Labute approximate surface area is 117 Å². The number of carboxylic acid groups (broad SMARTS) is 1. The molecule has 0 amide bonds. The third-order valence-electron chi connectivity index (χ3n) is 3.28. The van der Waals surface area contributed by atoms with Gasteiger partial charge in [-0.3, -0.25) is 4.79 Å². The fourth-order valence-corrected chi connectivity index (χ4v) is 4.06. The summed E-state index contributed by atoms with van der Waals surface area (Å²) < 4.78 is 23.1. The Bertz CT molecular complexity index is 646. The van der Waals surface area contributed by atoms with Gasteiger partial charge in [-0.25, -0.2) is 8.42 Å². The molecular formula is C13H14N2O4S. The molecule has 0 spiro atoms. The number of nitrogens with zero attached hydrogens (tertiary/aromatic N) is 2. The number of hydrogen-bond donors (Lipinski definition) is 1. The molecule has 1 saturated heterocycles. The second kappa shape index (κ2) is 5.51. The number of carboxylic acids is 1. The van der Waals surface area contributed by atoms with Crippen LogP contribution in [-0.4, -0.2) is 43.6 Å². The lowest BCUT2D eigenvalue weighted by Crippen LogP contribution is -2.40. The van der Waals surface area contributed by atoms with Crippen LogP contribution < -0.4 is 4.90 Å². The molecule has 1 aromatic rings. The second-order valence-electron chi connectivity index (χ2n) is 4.74. The summed E-state index contributed by atoms with van der Waals surface area (Å²) in [5, 5.41) is 17.7. The Hall–Kier alpha value is -2.07. The minimum absolute atomic E-state index is 0.0275.